The molecule has 0 unspecified atom stereocenters. The van der Waals surface area contributed by atoms with Crippen molar-refractivity contribution in [2.75, 3.05) is 0 Å². The summed E-state index contributed by atoms with van der Waals surface area (Å²) >= 11 is 0. The lowest BCUT2D eigenvalue weighted by Gasteiger charge is -2.21. The second-order valence-corrected chi connectivity index (χ2v) is 14.8. The van der Waals surface area contributed by atoms with Gasteiger partial charge in [0.1, 0.15) is 0 Å². The summed E-state index contributed by atoms with van der Waals surface area (Å²) in [6, 6.07) is 55.5. The van der Waals surface area contributed by atoms with Gasteiger partial charge < -0.3 is 4.57 Å². The van der Waals surface area contributed by atoms with E-state index in [2.05, 4.69) is 143 Å². The molecule has 6 aromatic carbocycles. The van der Waals surface area contributed by atoms with Crippen molar-refractivity contribution in [3.8, 4) is 56.8 Å². The molecule has 0 N–H and O–H groups in total. The Morgan fingerprint density at radius 1 is 0.473 bits per heavy atom. The minimum Gasteiger partial charge on any atom is -0.309 e. The van der Waals surface area contributed by atoms with Crippen molar-refractivity contribution < 1.29 is 0 Å². The highest BCUT2D eigenvalue weighted by Gasteiger charge is 2.40. The highest BCUT2D eigenvalue weighted by molar-refractivity contribution is 6.16. The minimum atomic E-state index is -0.226. The Bertz CT molecular complexity index is 3030. The van der Waals surface area contributed by atoms with Crippen LogP contribution >= 0.6 is 0 Å². The third-order valence-corrected chi connectivity index (χ3v) is 11.2. The Kier molecular flexibility index (Phi) is 6.79. The van der Waals surface area contributed by atoms with Gasteiger partial charge >= 0.3 is 0 Å². The van der Waals surface area contributed by atoms with Crippen LogP contribution in [-0.4, -0.2) is 29.1 Å². The summed E-state index contributed by atoms with van der Waals surface area (Å²) in [5, 5.41) is 3.45. The monoisotopic (exact) mass is 706 g/mol. The Morgan fingerprint density at radius 3 is 1.76 bits per heavy atom. The normalized spacial score (nSPS) is 13.1. The van der Waals surface area contributed by atoms with E-state index in [1.54, 1.807) is 0 Å². The Morgan fingerprint density at radius 2 is 1.07 bits per heavy atom. The number of rotatable bonds is 5. The van der Waals surface area contributed by atoms with Crippen LogP contribution in [0.2, 0.25) is 0 Å². The zero-order valence-electron chi connectivity index (χ0n) is 30.3. The molecule has 0 saturated carbocycles. The van der Waals surface area contributed by atoms with Gasteiger partial charge in [0.2, 0.25) is 5.95 Å². The second-order valence-electron chi connectivity index (χ2n) is 14.8. The molecule has 10 aromatic rings. The number of aromatic nitrogens is 6. The fraction of sp³-hybridized carbons (Fsp3) is 0.0612. The summed E-state index contributed by atoms with van der Waals surface area (Å²) in [5.41, 5.74) is 13.4. The van der Waals surface area contributed by atoms with E-state index in [9.17, 15) is 0 Å². The van der Waals surface area contributed by atoms with Crippen LogP contribution in [0.4, 0.5) is 0 Å². The van der Waals surface area contributed by atoms with Gasteiger partial charge in [-0.3, -0.25) is 9.55 Å². The number of benzene rings is 6. The molecule has 0 bridgehead atoms. The summed E-state index contributed by atoms with van der Waals surface area (Å²) in [6.07, 6.45) is 3.74. The van der Waals surface area contributed by atoms with Gasteiger partial charge in [-0.25, -0.2) is 4.98 Å². The van der Waals surface area contributed by atoms with Gasteiger partial charge in [0.25, 0.3) is 0 Å². The van der Waals surface area contributed by atoms with Crippen molar-refractivity contribution in [1.82, 2.24) is 29.1 Å². The first-order chi connectivity index (χ1) is 27.0. The zero-order chi connectivity index (χ0) is 36.7. The van der Waals surface area contributed by atoms with Gasteiger partial charge in [0, 0.05) is 61.9 Å². The van der Waals surface area contributed by atoms with Crippen LogP contribution in [0.25, 0.3) is 89.5 Å². The topological polar surface area (TPSA) is 61.4 Å². The number of fused-ring (bicyclic) bond motifs is 8. The molecule has 0 atom stereocenters. The van der Waals surface area contributed by atoms with Crippen LogP contribution in [0.3, 0.4) is 0 Å². The number of hydrogen-bond acceptors (Lipinski definition) is 4. The van der Waals surface area contributed by atoms with Crippen LogP contribution in [0, 0.1) is 0 Å². The van der Waals surface area contributed by atoms with E-state index in [1.165, 1.54) is 33.3 Å². The number of hydrogen-bond donors (Lipinski definition) is 0. The van der Waals surface area contributed by atoms with Crippen LogP contribution in [0.5, 0.6) is 0 Å². The van der Waals surface area contributed by atoms with E-state index in [1.807, 2.05) is 54.9 Å². The molecule has 4 heterocycles. The van der Waals surface area contributed by atoms with Crippen molar-refractivity contribution in [3.05, 3.63) is 181 Å². The van der Waals surface area contributed by atoms with E-state index >= 15 is 0 Å². The lowest BCUT2D eigenvalue weighted by molar-refractivity contribution is 0.666. The Labute approximate surface area is 318 Å². The summed E-state index contributed by atoms with van der Waals surface area (Å²) in [6.45, 7) is 4.72. The standard InChI is InChI=1S/C49H34N6/c1-49(2)40-23-13-12-22-36(40)45-44(49)39-29-42-38(28-43(39)54(45)35-20-10-5-11-21-35)37-27-33(34-19-14-26-50-30-34)24-25-41(37)55(42)48-52-46(31-15-6-3-7-16-31)51-47(53-48)32-17-8-4-9-18-32/h3-30H,1-2H3. The van der Waals surface area contributed by atoms with Gasteiger partial charge in [-0.1, -0.05) is 129 Å². The third kappa shape index (κ3) is 4.74. The summed E-state index contributed by atoms with van der Waals surface area (Å²) in [4.78, 5) is 20.0. The minimum absolute atomic E-state index is 0.226. The van der Waals surface area contributed by atoms with Crippen molar-refractivity contribution in [2.45, 2.75) is 19.3 Å². The molecular formula is C49H34N6. The predicted molar refractivity (Wildman–Crippen MR) is 223 cm³/mol. The van der Waals surface area contributed by atoms with Crippen molar-refractivity contribution in [1.29, 1.82) is 0 Å². The first-order valence-corrected chi connectivity index (χ1v) is 18.6. The number of nitrogens with zero attached hydrogens (tertiary/aromatic N) is 6. The SMILES string of the molecule is CC1(C)c2ccccc2-c2c1c1cc3c(cc1n2-c1ccccc1)c1cc(-c2cccnc2)ccc1n3-c1nc(-c2ccccc2)nc(-c2ccccc2)n1. The molecular weight excluding hydrogens is 673 g/mol. The average molecular weight is 707 g/mol. The molecule has 0 aliphatic heterocycles. The quantitative estimate of drug-likeness (QED) is 0.179. The predicted octanol–water partition coefficient (Wildman–Crippen LogP) is 11.6. The molecule has 0 saturated heterocycles. The lowest BCUT2D eigenvalue weighted by Crippen LogP contribution is -2.14. The zero-order valence-corrected chi connectivity index (χ0v) is 30.3. The second kappa shape index (κ2) is 11.9. The van der Waals surface area contributed by atoms with E-state index in [4.69, 9.17) is 15.0 Å². The van der Waals surface area contributed by atoms with Crippen molar-refractivity contribution in [2.24, 2.45) is 0 Å². The van der Waals surface area contributed by atoms with Gasteiger partial charge in [-0.15, -0.1) is 0 Å². The fourth-order valence-electron chi connectivity index (χ4n) is 8.73. The molecule has 1 aliphatic rings. The smallest absolute Gasteiger partial charge is 0.238 e. The molecule has 4 aromatic heterocycles. The molecule has 6 nitrogen and oxygen atoms in total. The maximum Gasteiger partial charge on any atom is 0.238 e. The van der Waals surface area contributed by atoms with E-state index < -0.39 is 0 Å². The molecule has 6 heteroatoms. The third-order valence-electron chi connectivity index (χ3n) is 11.2. The average Bonchev–Trinajstić information content (AvgIpc) is 3.84. The lowest BCUT2D eigenvalue weighted by atomic mass is 9.81. The van der Waals surface area contributed by atoms with E-state index in [-0.39, 0.29) is 5.41 Å². The molecule has 1 aliphatic carbocycles. The molecule has 260 valence electrons. The Hall–Kier alpha value is -7.18. The van der Waals surface area contributed by atoms with Gasteiger partial charge in [-0.2, -0.15) is 9.97 Å². The summed E-state index contributed by atoms with van der Waals surface area (Å²) < 4.78 is 4.70. The number of pyridine rings is 1. The van der Waals surface area contributed by atoms with Gasteiger partial charge in [0.15, 0.2) is 11.6 Å². The highest BCUT2D eigenvalue weighted by Crippen LogP contribution is 2.54. The van der Waals surface area contributed by atoms with Crippen molar-refractivity contribution in [3.63, 3.8) is 0 Å². The molecule has 11 rings (SSSR count). The maximum absolute atomic E-state index is 5.24. The Balaban J connectivity index is 1.29. The van der Waals surface area contributed by atoms with Gasteiger partial charge in [0.05, 0.1) is 22.2 Å². The molecule has 0 spiro atoms. The molecule has 55 heavy (non-hydrogen) atoms. The maximum atomic E-state index is 5.24. The first-order valence-electron chi connectivity index (χ1n) is 18.6. The number of para-hydroxylation sites is 1. The summed E-state index contributed by atoms with van der Waals surface area (Å²) in [7, 11) is 0. The van der Waals surface area contributed by atoms with Crippen LogP contribution in [-0.2, 0) is 5.41 Å². The van der Waals surface area contributed by atoms with Crippen LogP contribution in [0.15, 0.2) is 170 Å². The highest BCUT2D eigenvalue weighted by atomic mass is 15.2. The molecule has 0 amide bonds. The fourth-order valence-corrected chi connectivity index (χ4v) is 8.73. The first kappa shape index (κ1) is 31.4. The van der Waals surface area contributed by atoms with Crippen LogP contribution in [0.1, 0.15) is 25.0 Å². The largest absolute Gasteiger partial charge is 0.309 e. The van der Waals surface area contributed by atoms with E-state index in [0.717, 1.165) is 49.7 Å². The van der Waals surface area contributed by atoms with Crippen LogP contribution < -0.4 is 0 Å². The van der Waals surface area contributed by atoms with Gasteiger partial charge in [-0.05, 0) is 59.2 Å². The van der Waals surface area contributed by atoms with E-state index in [0.29, 0.717) is 17.6 Å². The van der Waals surface area contributed by atoms with Crippen molar-refractivity contribution >= 4 is 32.7 Å². The summed E-state index contributed by atoms with van der Waals surface area (Å²) in [5.74, 6) is 1.82. The molecule has 0 radical (unpaired) electrons. The molecule has 0 fully saturated rings.